The highest BCUT2D eigenvalue weighted by molar-refractivity contribution is 7.20. The molecule has 3 aromatic rings. The summed E-state index contributed by atoms with van der Waals surface area (Å²) in [4.78, 5) is 34.2. The number of hydrogen-bond donors (Lipinski definition) is 2. The van der Waals surface area contributed by atoms with Gasteiger partial charge in [0.1, 0.15) is 35.2 Å². The first kappa shape index (κ1) is 21.1. The van der Waals surface area contributed by atoms with E-state index in [1.165, 1.54) is 19.2 Å². The summed E-state index contributed by atoms with van der Waals surface area (Å²) in [6.07, 6.45) is 0. The van der Waals surface area contributed by atoms with E-state index in [4.69, 9.17) is 9.47 Å². The average Bonchev–Trinajstić information content (AvgIpc) is 3.00. The number of aryl methyl sites for hydroxylation is 1. The van der Waals surface area contributed by atoms with E-state index in [2.05, 4.69) is 9.97 Å². The van der Waals surface area contributed by atoms with Gasteiger partial charge in [-0.05, 0) is 24.6 Å². The predicted molar refractivity (Wildman–Crippen MR) is 108 cm³/mol. The molecule has 0 amide bonds. The highest BCUT2D eigenvalue weighted by atomic mass is 32.1. The molecule has 2 heterocycles. The van der Waals surface area contributed by atoms with Crippen LogP contribution in [0.25, 0.3) is 10.2 Å². The summed E-state index contributed by atoms with van der Waals surface area (Å²) in [6, 6.07) is 6.33. The van der Waals surface area contributed by atoms with Gasteiger partial charge in [0.15, 0.2) is 5.82 Å². The quantitative estimate of drug-likeness (QED) is 0.426. The lowest BCUT2D eigenvalue weighted by Gasteiger charge is -2.13. The van der Waals surface area contributed by atoms with Crippen molar-refractivity contribution >= 4 is 27.5 Å². The Bertz CT molecular complexity index is 1060. The number of benzene rings is 1. The van der Waals surface area contributed by atoms with Gasteiger partial charge in [0.25, 0.3) is 5.56 Å². The minimum atomic E-state index is -0.484. The molecule has 2 aromatic heterocycles. The Labute approximate surface area is 171 Å². The van der Waals surface area contributed by atoms with Crippen LogP contribution in [0.5, 0.6) is 0 Å². The van der Waals surface area contributed by atoms with E-state index in [-0.39, 0.29) is 18.0 Å². The standard InChI is InChI=1S/C20H22FN3O4S/c1-12-16-18(25)22-15(11-24(2)10-13-4-6-14(21)7-5-13)23-19(16)29-17(12)20(26)28-9-8-27-3/h4-7H,8-11H2,1-3H3,(H,22,23,25)/p+1. The van der Waals surface area contributed by atoms with Crippen molar-refractivity contribution in [3.63, 3.8) is 0 Å². The van der Waals surface area contributed by atoms with Crippen molar-refractivity contribution < 1.29 is 23.6 Å². The molecule has 2 N–H and O–H groups in total. The zero-order valence-electron chi connectivity index (χ0n) is 16.5. The minimum Gasteiger partial charge on any atom is -0.459 e. The predicted octanol–water partition coefficient (Wildman–Crippen LogP) is 1.45. The van der Waals surface area contributed by atoms with E-state index in [0.29, 0.717) is 46.2 Å². The molecule has 7 nitrogen and oxygen atoms in total. The summed E-state index contributed by atoms with van der Waals surface area (Å²) >= 11 is 1.15. The van der Waals surface area contributed by atoms with Crippen molar-refractivity contribution in [1.29, 1.82) is 0 Å². The molecule has 3 rings (SSSR count). The topological polar surface area (TPSA) is 85.7 Å². The number of aromatic amines is 1. The highest BCUT2D eigenvalue weighted by Gasteiger charge is 2.21. The van der Waals surface area contributed by atoms with Gasteiger partial charge in [0, 0.05) is 12.7 Å². The zero-order valence-corrected chi connectivity index (χ0v) is 17.3. The van der Waals surface area contributed by atoms with Gasteiger partial charge in [-0.25, -0.2) is 14.2 Å². The van der Waals surface area contributed by atoms with Crippen LogP contribution in [-0.4, -0.2) is 43.3 Å². The Morgan fingerprint density at radius 2 is 1.97 bits per heavy atom. The molecule has 0 spiro atoms. The minimum absolute atomic E-state index is 0.148. The van der Waals surface area contributed by atoms with E-state index in [9.17, 15) is 14.0 Å². The van der Waals surface area contributed by atoms with Gasteiger partial charge in [-0.15, -0.1) is 11.3 Å². The molecule has 0 aliphatic rings. The van der Waals surface area contributed by atoms with Gasteiger partial charge in [0.05, 0.1) is 19.0 Å². The van der Waals surface area contributed by atoms with Gasteiger partial charge < -0.3 is 19.4 Å². The number of halogens is 1. The number of nitrogens with zero attached hydrogens (tertiary/aromatic N) is 1. The summed E-state index contributed by atoms with van der Waals surface area (Å²) in [5.74, 6) is -0.224. The van der Waals surface area contributed by atoms with Crippen LogP contribution in [0.2, 0.25) is 0 Å². The zero-order chi connectivity index (χ0) is 21.0. The highest BCUT2D eigenvalue weighted by Crippen LogP contribution is 2.27. The molecule has 1 atom stereocenters. The maximum Gasteiger partial charge on any atom is 0.348 e. The van der Waals surface area contributed by atoms with Crippen LogP contribution in [0.3, 0.4) is 0 Å². The number of nitrogens with one attached hydrogen (secondary N) is 2. The summed E-state index contributed by atoms with van der Waals surface area (Å²) in [6.45, 7) is 3.31. The number of hydrogen-bond acceptors (Lipinski definition) is 6. The van der Waals surface area contributed by atoms with Gasteiger partial charge in [-0.3, -0.25) is 4.79 Å². The first-order valence-electron chi connectivity index (χ1n) is 9.13. The van der Waals surface area contributed by atoms with Crippen LogP contribution in [0.4, 0.5) is 4.39 Å². The second-order valence-corrected chi connectivity index (χ2v) is 7.81. The molecular weight excluding hydrogens is 397 g/mol. The molecule has 154 valence electrons. The molecule has 29 heavy (non-hydrogen) atoms. The molecule has 0 aliphatic heterocycles. The molecule has 0 saturated carbocycles. The number of thiophene rings is 1. The second-order valence-electron chi connectivity index (χ2n) is 6.81. The van der Waals surface area contributed by atoms with Crippen LogP contribution in [0.1, 0.15) is 26.6 Å². The van der Waals surface area contributed by atoms with E-state index in [1.807, 2.05) is 7.05 Å². The fourth-order valence-electron chi connectivity index (χ4n) is 3.05. The van der Waals surface area contributed by atoms with E-state index in [1.54, 1.807) is 19.1 Å². The third-order valence-corrected chi connectivity index (χ3v) is 5.61. The van der Waals surface area contributed by atoms with Crippen LogP contribution in [0, 0.1) is 12.7 Å². The lowest BCUT2D eigenvalue weighted by molar-refractivity contribution is -0.908. The van der Waals surface area contributed by atoms with Crippen molar-refractivity contribution in [3.05, 3.63) is 62.3 Å². The van der Waals surface area contributed by atoms with Gasteiger partial charge in [-0.1, -0.05) is 12.1 Å². The van der Waals surface area contributed by atoms with E-state index in [0.717, 1.165) is 21.8 Å². The number of aromatic nitrogens is 2. The van der Waals surface area contributed by atoms with Crippen molar-refractivity contribution in [3.8, 4) is 0 Å². The SMILES string of the molecule is COCCOC(=O)c1sc2nc(C[NH+](C)Cc3ccc(F)cc3)[nH]c(=O)c2c1C. The molecule has 0 bridgehead atoms. The van der Waals surface area contributed by atoms with Crippen LogP contribution in [0.15, 0.2) is 29.1 Å². The van der Waals surface area contributed by atoms with Gasteiger partial charge in [0.2, 0.25) is 0 Å². The van der Waals surface area contributed by atoms with Crippen LogP contribution in [-0.2, 0) is 22.6 Å². The summed E-state index contributed by atoms with van der Waals surface area (Å²) in [5, 5.41) is 0.411. The van der Waals surface area contributed by atoms with Gasteiger partial charge >= 0.3 is 5.97 Å². The van der Waals surface area contributed by atoms with Crippen molar-refractivity contribution in [2.45, 2.75) is 20.0 Å². The normalized spacial score (nSPS) is 12.3. The molecule has 0 radical (unpaired) electrons. The maximum absolute atomic E-state index is 13.0. The molecule has 0 aliphatic carbocycles. The Morgan fingerprint density at radius 3 is 2.66 bits per heavy atom. The number of fused-ring (bicyclic) bond motifs is 1. The molecular formula is C20H23FN3O4S+. The summed E-state index contributed by atoms with van der Waals surface area (Å²) < 4.78 is 23.1. The van der Waals surface area contributed by atoms with Gasteiger partial charge in [-0.2, -0.15) is 0 Å². The number of H-pyrrole nitrogens is 1. The Kier molecular flexibility index (Phi) is 6.73. The average molecular weight is 420 g/mol. The Balaban J connectivity index is 1.78. The molecule has 0 fully saturated rings. The number of carbonyl (C=O) groups excluding carboxylic acids is 1. The largest absolute Gasteiger partial charge is 0.459 e. The number of rotatable bonds is 8. The van der Waals surface area contributed by atoms with Crippen LogP contribution >= 0.6 is 11.3 Å². The molecule has 1 aromatic carbocycles. The lowest BCUT2D eigenvalue weighted by atomic mass is 10.2. The Hall–Kier alpha value is -2.62. The maximum atomic E-state index is 13.0. The first-order valence-corrected chi connectivity index (χ1v) is 9.94. The third kappa shape index (κ3) is 5.06. The second kappa shape index (κ2) is 9.25. The number of methoxy groups -OCH3 is 1. The fourth-order valence-corrected chi connectivity index (χ4v) is 4.14. The molecule has 9 heteroatoms. The van der Waals surface area contributed by atoms with Crippen molar-refractivity contribution in [2.75, 3.05) is 27.4 Å². The number of quaternary nitrogens is 1. The van der Waals surface area contributed by atoms with Crippen molar-refractivity contribution in [2.24, 2.45) is 0 Å². The fraction of sp³-hybridized carbons (Fsp3) is 0.350. The lowest BCUT2D eigenvalue weighted by Crippen LogP contribution is -3.06. The Morgan fingerprint density at radius 1 is 1.24 bits per heavy atom. The van der Waals surface area contributed by atoms with Crippen molar-refractivity contribution in [1.82, 2.24) is 9.97 Å². The van der Waals surface area contributed by atoms with E-state index >= 15 is 0 Å². The molecule has 1 unspecified atom stereocenters. The summed E-state index contributed by atoms with van der Waals surface area (Å²) in [5.41, 5.74) is 1.28. The number of esters is 1. The number of ether oxygens (including phenoxy) is 2. The monoisotopic (exact) mass is 420 g/mol. The van der Waals surface area contributed by atoms with E-state index < -0.39 is 5.97 Å². The molecule has 0 saturated heterocycles. The van der Waals surface area contributed by atoms with Crippen LogP contribution < -0.4 is 10.5 Å². The summed E-state index contributed by atoms with van der Waals surface area (Å²) in [7, 11) is 3.49. The first-order chi connectivity index (χ1) is 13.9. The number of carbonyl (C=O) groups is 1. The smallest absolute Gasteiger partial charge is 0.348 e. The third-order valence-electron chi connectivity index (χ3n) is 4.44.